The highest BCUT2D eigenvalue weighted by Gasteiger charge is 2.42. The van der Waals surface area contributed by atoms with Gasteiger partial charge < -0.3 is 5.32 Å². The number of pyridine rings is 1. The molecule has 0 aliphatic heterocycles. The number of hydrogen-bond acceptors (Lipinski definition) is 2. The van der Waals surface area contributed by atoms with Crippen LogP contribution in [0.15, 0.2) is 12.3 Å². The van der Waals surface area contributed by atoms with Crippen LogP contribution in [0.4, 0.5) is 18.9 Å². The van der Waals surface area contributed by atoms with E-state index in [0.29, 0.717) is 11.6 Å². The van der Waals surface area contributed by atoms with Crippen LogP contribution in [-0.4, -0.2) is 17.2 Å². The Morgan fingerprint density at radius 1 is 1.37 bits per heavy atom. The van der Waals surface area contributed by atoms with Crippen molar-refractivity contribution >= 4 is 17.3 Å². The summed E-state index contributed by atoms with van der Waals surface area (Å²) in [4.78, 5) is 3.99. The van der Waals surface area contributed by atoms with Gasteiger partial charge in [0.25, 0.3) is 0 Å². The molecule has 1 saturated carbocycles. The van der Waals surface area contributed by atoms with Crippen molar-refractivity contribution in [1.29, 1.82) is 0 Å². The second-order valence-electron chi connectivity index (χ2n) is 5.08. The van der Waals surface area contributed by atoms with Crippen molar-refractivity contribution in [2.75, 3.05) is 5.32 Å². The Morgan fingerprint density at radius 2 is 2.11 bits per heavy atom. The van der Waals surface area contributed by atoms with Crippen molar-refractivity contribution in [3.63, 3.8) is 0 Å². The Kier molecular flexibility index (Phi) is 4.23. The van der Waals surface area contributed by atoms with Crippen molar-refractivity contribution in [3.8, 4) is 0 Å². The van der Waals surface area contributed by atoms with Crippen LogP contribution in [0.25, 0.3) is 0 Å². The Labute approximate surface area is 115 Å². The van der Waals surface area contributed by atoms with Crippen LogP contribution in [0, 0.1) is 12.8 Å². The molecule has 1 fully saturated rings. The number of halogens is 4. The fourth-order valence-corrected chi connectivity index (χ4v) is 2.59. The lowest BCUT2D eigenvalue weighted by molar-refractivity contribution is -0.182. The Bertz CT molecular complexity index is 448. The van der Waals surface area contributed by atoms with E-state index in [4.69, 9.17) is 11.6 Å². The third kappa shape index (κ3) is 3.75. The molecule has 0 saturated heterocycles. The molecule has 1 aliphatic carbocycles. The standard InChI is InChI=1S/C13H16ClF3N2/c1-8-5-11(7-18-12(8)14)19-10-4-2-3-9(6-10)13(15,16)17/h5,7,9-10,19H,2-4,6H2,1H3. The Hall–Kier alpha value is -0.970. The van der Waals surface area contributed by atoms with E-state index in [9.17, 15) is 13.2 Å². The summed E-state index contributed by atoms with van der Waals surface area (Å²) in [7, 11) is 0. The second-order valence-corrected chi connectivity index (χ2v) is 5.44. The number of nitrogens with zero attached hydrogens (tertiary/aromatic N) is 1. The quantitative estimate of drug-likeness (QED) is 0.807. The summed E-state index contributed by atoms with van der Waals surface area (Å²) in [5.74, 6) is -1.19. The third-order valence-electron chi connectivity index (χ3n) is 3.52. The van der Waals surface area contributed by atoms with Gasteiger partial charge in [-0.3, -0.25) is 0 Å². The summed E-state index contributed by atoms with van der Waals surface area (Å²) in [6, 6.07) is 1.66. The number of hydrogen-bond donors (Lipinski definition) is 1. The highest BCUT2D eigenvalue weighted by molar-refractivity contribution is 6.30. The van der Waals surface area contributed by atoms with Crippen molar-refractivity contribution < 1.29 is 13.2 Å². The van der Waals surface area contributed by atoms with Gasteiger partial charge in [0.05, 0.1) is 17.8 Å². The van der Waals surface area contributed by atoms with E-state index < -0.39 is 12.1 Å². The van der Waals surface area contributed by atoms with E-state index >= 15 is 0 Å². The van der Waals surface area contributed by atoms with Crippen molar-refractivity contribution in [2.24, 2.45) is 5.92 Å². The van der Waals surface area contributed by atoms with Crippen LogP contribution >= 0.6 is 11.6 Å². The molecule has 1 aliphatic rings. The lowest BCUT2D eigenvalue weighted by Crippen LogP contribution is -2.34. The fourth-order valence-electron chi connectivity index (χ4n) is 2.49. The Balaban J connectivity index is 2.00. The molecule has 1 aromatic heterocycles. The molecule has 0 spiro atoms. The molecule has 6 heteroatoms. The number of rotatable bonds is 2. The van der Waals surface area contributed by atoms with Gasteiger partial charge in [0.2, 0.25) is 0 Å². The van der Waals surface area contributed by atoms with Gasteiger partial charge >= 0.3 is 6.18 Å². The molecule has 106 valence electrons. The lowest BCUT2D eigenvalue weighted by atomic mass is 9.85. The van der Waals surface area contributed by atoms with Crippen molar-refractivity contribution in [2.45, 2.75) is 44.8 Å². The zero-order valence-corrected chi connectivity index (χ0v) is 11.4. The molecule has 2 atom stereocenters. The van der Waals surface area contributed by atoms with E-state index in [1.165, 1.54) is 0 Å². The minimum absolute atomic E-state index is 0.130. The summed E-state index contributed by atoms with van der Waals surface area (Å²) in [6.07, 6.45) is -0.804. The minimum Gasteiger partial charge on any atom is -0.381 e. The first kappa shape index (κ1) is 14.4. The highest BCUT2D eigenvalue weighted by Crippen LogP contribution is 2.38. The maximum atomic E-state index is 12.7. The molecular formula is C13H16ClF3N2. The average molecular weight is 293 g/mol. The molecular weight excluding hydrogens is 277 g/mol. The van der Waals surface area contributed by atoms with Crippen LogP contribution in [0.2, 0.25) is 5.15 Å². The first-order chi connectivity index (χ1) is 8.86. The van der Waals surface area contributed by atoms with E-state index in [-0.39, 0.29) is 18.9 Å². The summed E-state index contributed by atoms with van der Waals surface area (Å²) in [5.41, 5.74) is 1.55. The number of nitrogens with one attached hydrogen (secondary N) is 1. The number of aromatic nitrogens is 1. The molecule has 1 heterocycles. The van der Waals surface area contributed by atoms with Gasteiger partial charge in [-0.05, 0) is 37.8 Å². The number of alkyl halides is 3. The highest BCUT2D eigenvalue weighted by atomic mass is 35.5. The number of aryl methyl sites for hydroxylation is 1. The summed E-state index contributed by atoms with van der Waals surface area (Å²) in [5, 5.41) is 3.55. The van der Waals surface area contributed by atoms with E-state index in [2.05, 4.69) is 10.3 Å². The van der Waals surface area contributed by atoms with Gasteiger partial charge in [0.15, 0.2) is 0 Å². The first-order valence-electron chi connectivity index (χ1n) is 6.31. The molecule has 1 aromatic rings. The van der Waals surface area contributed by atoms with Gasteiger partial charge in [-0.15, -0.1) is 0 Å². The Morgan fingerprint density at radius 3 is 2.74 bits per heavy atom. The van der Waals surface area contributed by atoms with Crippen LogP contribution in [-0.2, 0) is 0 Å². The van der Waals surface area contributed by atoms with Gasteiger partial charge in [-0.1, -0.05) is 18.0 Å². The maximum absolute atomic E-state index is 12.7. The molecule has 0 amide bonds. The van der Waals surface area contributed by atoms with Gasteiger partial charge in [-0.25, -0.2) is 4.98 Å². The van der Waals surface area contributed by atoms with Crippen molar-refractivity contribution in [3.05, 3.63) is 23.0 Å². The van der Waals surface area contributed by atoms with E-state index in [0.717, 1.165) is 17.7 Å². The normalized spacial score (nSPS) is 24.3. The van der Waals surface area contributed by atoms with E-state index in [1.54, 1.807) is 6.20 Å². The zero-order valence-electron chi connectivity index (χ0n) is 10.6. The molecule has 2 rings (SSSR count). The minimum atomic E-state index is -4.09. The predicted octanol–water partition coefficient (Wildman–Crippen LogP) is 4.58. The van der Waals surface area contributed by atoms with Crippen LogP contribution in [0.1, 0.15) is 31.2 Å². The molecule has 0 aromatic carbocycles. The fraction of sp³-hybridized carbons (Fsp3) is 0.615. The zero-order chi connectivity index (χ0) is 14.0. The largest absolute Gasteiger partial charge is 0.391 e. The molecule has 0 radical (unpaired) electrons. The van der Waals surface area contributed by atoms with E-state index in [1.807, 2.05) is 13.0 Å². The molecule has 2 unspecified atom stereocenters. The topological polar surface area (TPSA) is 24.9 Å². The first-order valence-corrected chi connectivity index (χ1v) is 6.69. The number of anilines is 1. The van der Waals surface area contributed by atoms with Crippen LogP contribution in [0.3, 0.4) is 0 Å². The predicted molar refractivity (Wildman–Crippen MR) is 69.4 cm³/mol. The summed E-state index contributed by atoms with van der Waals surface area (Å²) in [6.45, 7) is 1.82. The third-order valence-corrected chi connectivity index (χ3v) is 3.92. The average Bonchev–Trinajstić information content (AvgIpc) is 2.33. The van der Waals surface area contributed by atoms with Crippen LogP contribution in [0.5, 0.6) is 0 Å². The van der Waals surface area contributed by atoms with Crippen molar-refractivity contribution in [1.82, 2.24) is 4.98 Å². The van der Waals surface area contributed by atoms with Gasteiger partial charge in [0.1, 0.15) is 5.15 Å². The second kappa shape index (κ2) is 5.57. The maximum Gasteiger partial charge on any atom is 0.391 e. The molecule has 19 heavy (non-hydrogen) atoms. The monoisotopic (exact) mass is 292 g/mol. The van der Waals surface area contributed by atoms with Gasteiger partial charge in [-0.2, -0.15) is 13.2 Å². The molecule has 2 nitrogen and oxygen atoms in total. The summed E-state index contributed by atoms with van der Waals surface area (Å²) < 4.78 is 38.1. The molecule has 1 N–H and O–H groups in total. The molecule has 0 bridgehead atoms. The smallest absolute Gasteiger partial charge is 0.381 e. The lowest BCUT2D eigenvalue weighted by Gasteiger charge is -2.31. The van der Waals surface area contributed by atoms with Gasteiger partial charge in [0, 0.05) is 6.04 Å². The SMILES string of the molecule is Cc1cc(NC2CCCC(C(F)(F)F)C2)cnc1Cl. The van der Waals surface area contributed by atoms with Crippen LogP contribution < -0.4 is 5.32 Å². The summed E-state index contributed by atoms with van der Waals surface area (Å²) >= 11 is 5.82.